The molecule has 0 bridgehead atoms. The molecule has 1 fully saturated rings. The Morgan fingerprint density at radius 2 is 1.91 bits per heavy atom. The molecule has 170 valence electrons. The minimum atomic E-state index is -0.707. The van der Waals surface area contributed by atoms with Crippen LogP contribution in [0, 0.1) is 17.8 Å². The molecular formula is C25H22BrNO6. The van der Waals surface area contributed by atoms with Gasteiger partial charge in [0.2, 0.25) is 11.8 Å². The number of likely N-dealkylation sites (tertiary alicyclic amines) is 1. The number of phenolic OH excluding ortho intramolecular Hbond substituents is 1. The van der Waals surface area contributed by atoms with Crippen molar-refractivity contribution in [1.29, 1.82) is 0 Å². The van der Waals surface area contributed by atoms with Gasteiger partial charge >= 0.3 is 0 Å². The highest BCUT2D eigenvalue weighted by molar-refractivity contribution is 9.12. The predicted octanol–water partition coefficient (Wildman–Crippen LogP) is 3.18. The summed E-state index contributed by atoms with van der Waals surface area (Å²) in [5.41, 5.74) is 1.88. The van der Waals surface area contributed by atoms with Crippen LogP contribution in [0.25, 0.3) is 0 Å². The van der Waals surface area contributed by atoms with Crippen LogP contribution in [0.4, 0.5) is 0 Å². The quantitative estimate of drug-likeness (QED) is 0.380. The predicted molar refractivity (Wildman–Crippen MR) is 122 cm³/mol. The molecule has 1 aliphatic heterocycles. The van der Waals surface area contributed by atoms with Crippen molar-refractivity contribution in [1.82, 2.24) is 4.90 Å². The summed E-state index contributed by atoms with van der Waals surface area (Å²) in [6.45, 7) is 2.07. The zero-order valence-corrected chi connectivity index (χ0v) is 19.7. The van der Waals surface area contributed by atoms with E-state index in [-0.39, 0.29) is 45.8 Å². The van der Waals surface area contributed by atoms with Gasteiger partial charge in [-0.05, 0) is 47.7 Å². The minimum absolute atomic E-state index is 0.113. The first-order valence-corrected chi connectivity index (χ1v) is 11.7. The molecule has 5 rings (SSSR count). The number of ketones is 2. The lowest BCUT2D eigenvalue weighted by Gasteiger charge is -2.42. The molecule has 1 N–H and O–H groups in total. The van der Waals surface area contributed by atoms with Gasteiger partial charge in [-0.15, -0.1) is 0 Å². The summed E-state index contributed by atoms with van der Waals surface area (Å²) in [5.74, 6) is -3.07. The van der Waals surface area contributed by atoms with Crippen molar-refractivity contribution < 1.29 is 29.0 Å². The Morgan fingerprint density at radius 3 is 2.61 bits per heavy atom. The second kappa shape index (κ2) is 7.80. The molecule has 0 aromatic heterocycles. The standard InChI is InChI=1S/C25H22BrNO6/c1-3-27-24(31)13-8-7-11-14(20(13)25(27)32)9-15-21(17(28)10-16(26)22(15)29)19(11)12-5-4-6-18(33-2)23(12)30/h4-7,10,13-14,19-20,30H,3,8-9H2,1-2H3. The van der Waals surface area contributed by atoms with E-state index in [1.807, 2.05) is 6.08 Å². The first-order valence-electron chi connectivity index (χ1n) is 10.9. The number of methoxy groups -OCH3 is 1. The number of allylic oxidation sites excluding steroid dienone is 6. The van der Waals surface area contributed by atoms with Crippen LogP contribution in [-0.4, -0.2) is 47.0 Å². The van der Waals surface area contributed by atoms with Gasteiger partial charge in [0.1, 0.15) is 0 Å². The monoisotopic (exact) mass is 511 g/mol. The van der Waals surface area contributed by atoms with Crippen molar-refractivity contribution in [3.05, 3.63) is 57.1 Å². The van der Waals surface area contributed by atoms with Gasteiger partial charge in [-0.1, -0.05) is 23.8 Å². The first-order chi connectivity index (χ1) is 15.8. The number of rotatable bonds is 3. The molecule has 8 heteroatoms. The van der Waals surface area contributed by atoms with Gasteiger partial charge in [0.05, 0.1) is 23.4 Å². The fraction of sp³-hybridized carbons (Fsp3) is 0.360. The van der Waals surface area contributed by atoms with Crippen LogP contribution in [0.15, 0.2) is 51.6 Å². The topological polar surface area (TPSA) is 101 Å². The number of ether oxygens (including phenoxy) is 1. The van der Waals surface area contributed by atoms with E-state index in [1.165, 1.54) is 18.1 Å². The van der Waals surface area contributed by atoms with E-state index in [0.29, 0.717) is 29.7 Å². The number of carbonyl (C=O) groups excluding carboxylic acids is 4. The number of Topliss-reactive ketones (excluding diaryl/α,β-unsaturated/α-hetero) is 1. The number of imide groups is 1. The molecule has 1 heterocycles. The van der Waals surface area contributed by atoms with Gasteiger partial charge in [0.15, 0.2) is 23.1 Å². The summed E-state index contributed by atoms with van der Waals surface area (Å²) >= 11 is 3.20. The summed E-state index contributed by atoms with van der Waals surface area (Å²) in [4.78, 5) is 53.7. The minimum Gasteiger partial charge on any atom is -0.504 e. The Hall–Kier alpha value is -3.00. The summed E-state index contributed by atoms with van der Waals surface area (Å²) < 4.78 is 5.45. The van der Waals surface area contributed by atoms with Crippen LogP contribution in [0.1, 0.15) is 31.2 Å². The SMILES string of the molecule is CCN1C(=O)C2CC=C3C(c4cccc(OC)c4O)C4=C(CC3C2C1=O)C(=O)C(Br)=CC4=O. The third kappa shape index (κ3) is 3.00. The Labute approximate surface area is 198 Å². The second-order valence-electron chi connectivity index (χ2n) is 8.71. The molecule has 0 saturated carbocycles. The summed E-state index contributed by atoms with van der Waals surface area (Å²) in [6.07, 6.45) is 3.77. The van der Waals surface area contributed by atoms with Gasteiger partial charge < -0.3 is 9.84 Å². The van der Waals surface area contributed by atoms with E-state index in [9.17, 15) is 24.3 Å². The molecule has 4 unspecified atom stereocenters. The van der Waals surface area contributed by atoms with Crippen LogP contribution < -0.4 is 4.74 Å². The molecule has 3 aliphatic carbocycles. The molecule has 4 atom stereocenters. The number of hydrogen-bond acceptors (Lipinski definition) is 6. The van der Waals surface area contributed by atoms with Crippen LogP contribution >= 0.6 is 15.9 Å². The van der Waals surface area contributed by atoms with Crippen molar-refractivity contribution >= 4 is 39.3 Å². The highest BCUT2D eigenvalue weighted by Crippen LogP contribution is 2.56. The number of aromatic hydroxyl groups is 1. The third-order valence-electron chi connectivity index (χ3n) is 7.30. The fourth-order valence-electron chi connectivity index (χ4n) is 5.88. The number of benzene rings is 1. The summed E-state index contributed by atoms with van der Waals surface area (Å²) in [7, 11) is 1.44. The van der Waals surface area contributed by atoms with Crippen LogP contribution in [0.3, 0.4) is 0 Å². The Balaban J connectivity index is 1.73. The van der Waals surface area contributed by atoms with Gasteiger partial charge in [0, 0.05) is 35.2 Å². The summed E-state index contributed by atoms with van der Waals surface area (Å²) in [5, 5.41) is 11.0. The van der Waals surface area contributed by atoms with Crippen molar-refractivity contribution in [2.75, 3.05) is 13.7 Å². The number of phenols is 1. The number of fused-ring (bicyclic) bond motifs is 3. The highest BCUT2D eigenvalue weighted by Gasteiger charge is 2.56. The smallest absolute Gasteiger partial charge is 0.233 e. The van der Waals surface area contributed by atoms with Crippen molar-refractivity contribution in [3.63, 3.8) is 0 Å². The number of para-hydroxylation sites is 1. The molecule has 1 saturated heterocycles. The number of nitrogens with zero attached hydrogens (tertiary/aromatic N) is 1. The maximum Gasteiger partial charge on any atom is 0.233 e. The van der Waals surface area contributed by atoms with E-state index in [4.69, 9.17) is 4.74 Å². The highest BCUT2D eigenvalue weighted by atomic mass is 79.9. The molecule has 4 aliphatic rings. The number of carbonyl (C=O) groups is 4. The van der Waals surface area contributed by atoms with E-state index < -0.39 is 23.7 Å². The molecule has 1 aromatic rings. The Kier molecular flexibility index (Phi) is 5.16. The number of halogens is 1. The molecule has 0 spiro atoms. The summed E-state index contributed by atoms with van der Waals surface area (Å²) in [6, 6.07) is 5.03. The van der Waals surface area contributed by atoms with Crippen LogP contribution in [0.5, 0.6) is 11.5 Å². The normalized spacial score (nSPS) is 28.9. The average Bonchev–Trinajstić information content (AvgIpc) is 3.06. The van der Waals surface area contributed by atoms with E-state index >= 15 is 0 Å². The third-order valence-corrected chi connectivity index (χ3v) is 7.89. The average molecular weight is 512 g/mol. The lowest BCUT2D eigenvalue weighted by atomic mass is 9.59. The first kappa shape index (κ1) is 21.8. The van der Waals surface area contributed by atoms with Crippen molar-refractivity contribution in [2.24, 2.45) is 17.8 Å². The number of hydrogen-bond donors (Lipinski definition) is 1. The van der Waals surface area contributed by atoms with E-state index in [0.717, 1.165) is 5.57 Å². The Bertz CT molecular complexity index is 1230. The zero-order valence-electron chi connectivity index (χ0n) is 18.1. The molecule has 7 nitrogen and oxygen atoms in total. The van der Waals surface area contributed by atoms with Gasteiger partial charge in [-0.3, -0.25) is 24.1 Å². The van der Waals surface area contributed by atoms with Gasteiger partial charge in [-0.2, -0.15) is 0 Å². The lowest BCUT2D eigenvalue weighted by Crippen LogP contribution is -2.39. The largest absolute Gasteiger partial charge is 0.504 e. The molecule has 0 radical (unpaired) electrons. The molecule has 33 heavy (non-hydrogen) atoms. The molecule has 2 amide bonds. The van der Waals surface area contributed by atoms with Crippen molar-refractivity contribution in [2.45, 2.75) is 25.7 Å². The van der Waals surface area contributed by atoms with Crippen LogP contribution in [0.2, 0.25) is 0 Å². The van der Waals surface area contributed by atoms with Gasteiger partial charge in [0.25, 0.3) is 0 Å². The molecular weight excluding hydrogens is 490 g/mol. The lowest BCUT2D eigenvalue weighted by molar-refractivity contribution is -0.139. The molecule has 1 aromatic carbocycles. The maximum absolute atomic E-state index is 13.2. The van der Waals surface area contributed by atoms with Crippen LogP contribution in [-0.2, 0) is 19.2 Å². The van der Waals surface area contributed by atoms with E-state index in [1.54, 1.807) is 25.1 Å². The van der Waals surface area contributed by atoms with Gasteiger partial charge in [-0.25, -0.2) is 0 Å². The maximum atomic E-state index is 13.2. The fourth-order valence-corrected chi connectivity index (χ4v) is 6.32. The second-order valence-corrected chi connectivity index (χ2v) is 9.57. The van der Waals surface area contributed by atoms with Crippen molar-refractivity contribution in [3.8, 4) is 11.5 Å². The Morgan fingerprint density at radius 1 is 1.15 bits per heavy atom. The zero-order chi connectivity index (χ0) is 23.6. The van der Waals surface area contributed by atoms with E-state index in [2.05, 4.69) is 15.9 Å². The number of amides is 2.